The largest absolute Gasteiger partial charge is 0.262 e. The molecule has 8 heteroatoms. The van der Waals surface area contributed by atoms with Gasteiger partial charge in [-0.25, -0.2) is 16.8 Å². The van der Waals surface area contributed by atoms with Crippen LogP contribution < -0.4 is 0 Å². The zero-order valence-corrected chi connectivity index (χ0v) is 14.2. The second-order valence-corrected chi connectivity index (χ2v) is 9.85. The van der Waals surface area contributed by atoms with Crippen molar-refractivity contribution in [2.45, 2.75) is 42.5 Å². The number of rotatable bonds is 4. The Bertz CT molecular complexity index is 728. The smallest absolute Gasteiger partial charge is 0.207 e. The summed E-state index contributed by atoms with van der Waals surface area (Å²) >= 11 is 0. The van der Waals surface area contributed by atoms with Crippen molar-refractivity contribution in [1.82, 2.24) is 4.31 Å². The molecular formula is C13H18ClNO4S2. The summed E-state index contributed by atoms with van der Waals surface area (Å²) in [6.45, 7) is 4.33. The second-order valence-electron chi connectivity index (χ2n) is 5.45. The van der Waals surface area contributed by atoms with E-state index in [0.717, 1.165) is 12.8 Å². The summed E-state index contributed by atoms with van der Waals surface area (Å²) < 4.78 is 50.3. The summed E-state index contributed by atoms with van der Waals surface area (Å²) in [6, 6.07) is 5.36. The van der Waals surface area contributed by atoms with Crippen LogP contribution in [0.25, 0.3) is 0 Å². The Morgan fingerprint density at radius 1 is 1.14 bits per heavy atom. The van der Waals surface area contributed by atoms with Crippen molar-refractivity contribution in [3.05, 3.63) is 24.3 Å². The van der Waals surface area contributed by atoms with E-state index < -0.39 is 19.1 Å². The van der Waals surface area contributed by atoms with E-state index in [1.807, 2.05) is 13.8 Å². The lowest BCUT2D eigenvalue weighted by molar-refractivity contribution is 0.315. The molecule has 2 rings (SSSR count). The van der Waals surface area contributed by atoms with Crippen molar-refractivity contribution in [2.24, 2.45) is 5.92 Å². The zero-order chi connectivity index (χ0) is 15.8. The third-order valence-electron chi connectivity index (χ3n) is 3.72. The fourth-order valence-electron chi connectivity index (χ4n) is 2.72. The summed E-state index contributed by atoms with van der Waals surface area (Å²) in [5.41, 5.74) is 0. The molecule has 0 aromatic heterocycles. The molecule has 1 aromatic carbocycles. The lowest BCUT2D eigenvalue weighted by atomic mass is 10.0. The van der Waals surface area contributed by atoms with E-state index in [0.29, 0.717) is 6.54 Å². The van der Waals surface area contributed by atoms with Gasteiger partial charge in [-0.2, -0.15) is 4.31 Å². The molecule has 1 fully saturated rings. The lowest BCUT2D eigenvalue weighted by Crippen LogP contribution is -2.38. The predicted octanol–water partition coefficient (Wildman–Crippen LogP) is 2.42. The Morgan fingerprint density at radius 3 is 2.24 bits per heavy atom. The molecule has 0 radical (unpaired) electrons. The maximum Gasteiger partial charge on any atom is 0.262 e. The first-order valence-corrected chi connectivity index (χ1v) is 10.5. The van der Waals surface area contributed by atoms with Gasteiger partial charge in [0.05, 0.1) is 0 Å². The van der Waals surface area contributed by atoms with Gasteiger partial charge in [0.15, 0.2) is 0 Å². The van der Waals surface area contributed by atoms with Crippen LogP contribution in [-0.4, -0.2) is 33.7 Å². The van der Waals surface area contributed by atoms with Gasteiger partial charge in [0.2, 0.25) is 10.0 Å². The van der Waals surface area contributed by atoms with E-state index in [4.69, 9.17) is 10.7 Å². The molecule has 21 heavy (non-hydrogen) atoms. The Morgan fingerprint density at radius 2 is 1.71 bits per heavy atom. The van der Waals surface area contributed by atoms with E-state index in [1.54, 1.807) is 0 Å². The predicted molar refractivity (Wildman–Crippen MR) is 81.2 cm³/mol. The van der Waals surface area contributed by atoms with Crippen molar-refractivity contribution < 1.29 is 16.8 Å². The first-order chi connectivity index (χ1) is 9.65. The Kier molecular flexibility index (Phi) is 4.68. The highest BCUT2D eigenvalue weighted by atomic mass is 35.7. The van der Waals surface area contributed by atoms with Gasteiger partial charge >= 0.3 is 0 Å². The number of nitrogens with zero attached hydrogens (tertiary/aromatic N) is 1. The van der Waals surface area contributed by atoms with Crippen LogP contribution in [0.1, 0.15) is 26.7 Å². The molecular weight excluding hydrogens is 334 g/mol. The van der Waals surface area contributed by atoms with Gasteiger partial charge in [-0.05, 0) is 30.9 Å². The molecule has 1 unspecified atom stereocenters. The normalized spacial score (nSPS) is 21.0. The van der Waals surface area contributed by atoms with Gasteiger partial charge in [-0.15, -0.1) is 0 Å². The van der Waals surface area contributed by atoms with Crippen molar-refractivity contribution in [2.75, 3.05) is 6.54 Å². The number of hydrogen-bond acceptors (Lipinski definition) is 4. The van der Waals surface area contributed by atoms with Gasteiger partial charge in [-0.3, -0.25) is 0 Å². The zero-order valence-electron chi connectivity index (χ0n) is 11.9. The summed E-state index contributed by atoms with van der Waals surface area (Å²) in [5.74, 6) is 0.169. The summed E-state index contributed by atoms with van der Waals surface area (Å²) in [6.07, 6.45) is 1.56. The average Bonchev–Trinajstić information content (AvgIpc) is 2.88. The molecule has 1 aliphatic rings. The van der Waals surface area contributed by atoms with Crippen LogP contribution in [0, 0.1) is 5.92 Å². The number of hydrogen-bond donors (Lipinski definition) is 0. The van der Waals surface area contributed by atoms with Crippen LogP contribution in [-0.2, 0) is 19.1 Å². The minimum Gasteiger partial charge on any atom is -0.207 e. The fraction of sp³-hybridized carbons (Fsp3) is 0.538. The van der Waals surface area contributed by atoms with E-state index in [2.05, 4.69) is 0 Å². The lowest BCUT2D eigenvalue weighted by Gasteiger charge is -2.27. The molecule has 5 nitrogen and oxygen atoms in total. The molecule has 118 valence electrons. The third kappa shape index (κ3) is 3.26. The molecule has 0 saturated carbocycles. The van der Waals surface area contributed by atoms with Crippen molar-refractivity contribution in [3.8, 4) is 0 Å². The number of benzene rings is 1. The van der Waals surface area contributed by atoms with E-state index in [-0.39, 0.29) is 21.8 Å². The molecule has 1 atom stereocenters. The number of sulfonamides is 1. The highest BCUT2D eigenvalue weighted by molar-refractivity contribution is 8.14. The maximum absolute atomic E-state index is 12.8. The fourth-order valence-corrected chi connectivity index (χ4v) is 6.36. The molecule has 1 aliphatic heterocycles. The first kappa shape index (κ1) is 16.7. The average molecular weight is 352 g/mol. The minimum absolute atomic E-state index is 0.110. The Labute approximate surface area is 130 Å². The van der Waals surface area contributed by atoms with E-state index in [1.165, 1.54) is 28.6 Å². The van der Waals surface area contributed by atoms with Gasteiger partial charge < -0.3 is 0 Å². The monoisotopic (exact) mass is 351 g/mol. The Hall–Kier alpha value is -0.630. The van der Waals surface area contributed by atoms with Crippen molar-refractivity contribution in [3.63, 3.8) is 0 Å². The van der Waals surface area contributed by atoms with Gasteiger partial charge in [0, 0.05) is 23.3 Å². The van der Waals surface area contributed by atoms with E-state index >= 15 is 0 Å². The molecule has 1 aromatic rings. The number of halogens is 1. The Balaban J connectivity index is 2.56. The minimum atomic E-state index is -4.12. The molecule has 1 heterocycles. The topological polar surface area (TPSA) is 71.5 Å². The van der Waals surface area contributed by atoms with Crippen molar-refractivity contribution >= 4 is 29.8 Å². The van der Waals surface area contributed by atoms with Crippen LogP contribution in [0.15, 0.2) is 34.1 Å². The van der Waals surface area contributed by atoms with E-state index in [9.17, 15) is 16.8 Å². The molecule has 0 bridgehead atoms. The standard InChI is InChI=1S/C13H18ClNO4S2/c1-10(2)11-6-5-9-15(11)21(18,19)13-8-4-3-7-12(13)20(14,16)17/h3-4,7-8,10-11H,5-6,9H2,1-2H3. The van der Waals surface area contributed by atoms with Crippen LogP contribution in [0.3, 0.4) is 0 Å². The second kappa shape index (κ2) is 5.87. The molecule has 0 amide bonds. The first-order valence-electron chi connectivity index (χ1n) is 6.71. The highest BCUT2D eigenvalue weighted by Crippen LogP contribution is 2.33. The van der Waals surface area contributed by atoms with Crippen LogP contribution in [0.4, 0.5) is 0 Å². The summed E-state index contributed by atoms with van der Waals surface area (Å²) in [7, 11) is -2.63. The van der Waals surface area contributed by atoms with Crippen LogP contribution in [0.2, 0.25) is 0 Å². The third-order valence-corrected chi connectivity index (χ3v) is 7.21. The summed E-state index contributed by atoms with van der Waals surface area (Å²) in [5, 5.41) is 0. The molecule has 0 aliphatic carbocycles. The summed E-state index contributed by atoms with van der Waals surface area (Å²) in [4.78, 5) is -0.603. The van der Waals surface area contributed by atoms with Crippen LogP contribution in [0.5, 0.6) is 0 Å². The molecule has 1 saturated heterocycles. The van der Waals surface area contributed by atoms with Gasteiger partial charge in [0.1, 0.15) is 9.79 Å². The maximum atomic E-state index is 12.8. The SMILES string of the molecule is CC(C)C1CCCN1S(=O)(=O)c1ccccc1S(=O)(=O)Cl. The molecule has 0 N–H and O–H groups in total. The van der Waals surface area contributed by atoms with Gasteiger partial charge in [0.25, 0.3) is 9.05 Å². The quantitative estimate of drug-likeness (QED) is 0.781. The van der Waals surface area contributed by atoms with Crippen molar-refractivity contribution in [1.29, 1.82) is 0 Å². The van der Waals surface area contributed by atoms with Crippen LogP contribution >= 0.6 is 10.7 Å². The van der Waals surface area contributed by atoms with Gasteiger partial charge in [-0.1, -0.05) is 26.0 Å². The highest BCUT2D eigenvalue weighted by Gasteiger charge is 2.38. The molecule has 0 spiro atoms.